The van der Waals surface area contributed by atoms with Gasteiger partial charge < -0.3 is 10.1 Å². The summed E-state index contributed by atoms with van der Waals surface area (Å²) in [7, 11) is -3.54. The molecule has 0 bridgehead atoms. The van der Waals surface area contributed by atoms with Crippen molar-refractivity contribution in [2.24, 2.45) is 0 Å². The van der Waals surface area contributed by atoms with E-state index in [4.69, 9.17) is 16.3 Å². The van der Waals surface area contributed by atoms with Crippen molar-refractivity contribution in [3.8, 4) is 5.75 Å². The first-order valence-electron chi connectivity index (χ1n) is 9.43. The number of hydrogen-bond donors (Lipinski definition) is 1. The number of pyridine rings is 1. The lowest BCUT2D eigenvalue weighted by Crippen LogP contribution is -2.29. The quantitative estimate of drug-likeness (QED) is 0.529. The summed E-state index contributed by atoms with van der Waals surface area (Å²) in [5.41, 5.74) is 1.91. The van der Waals surface area contributed by atoms with Crippen LogP contribution in [0, 0.1) is 0 Å². The molecule has 0 aliphatic rings. The SMILES string of the molecule is CS(=O)(=O)N(Cc1ccccc1Cl)c1ccc(OCC(=O)NCc2ccccn2)cc1. The van der Waals surface area contributed by atoms with Crippen LogP contribution in [0.2, 0.25) is 5.02 Å². The molecule has 0 radical (unpaired) electrons. The van der Waals surface area contributed by atoms with Crippen molar-refractivity contribution in [1.82, 2.24) is 10.3 Å². The molecule has 3 aromatic rings. The van der Waals surface area contributed by atoms with Crippen molar-refractivity contribution < 1.29 is 17.9 Å². The number of hydrogen-bond acceptors (Lipinski definition) is 5. The number of nitrogens with zero attached hydrogens (tertiary/aromatic N) is 2. The van der Waals surface area contributed by atoms with Gasteiger partial charge in [-0.1, -0.05) is 35.9 Å². The van der Waals surface area contributed by atoms with Gasteiger partial charge in [0.25, 0.3) is 5.91 Å². The van der Waals surface area contributed by atoms with Crippen LogP contribution in [0.5, 0.6) is 5.75 Å². The highest BCUT2D eigenvalue weighted by atomic mass is 35.5. The molecule has 9 heteroatoms. The molecule has 0 fully saturated rings. The Morgan fingerprint density at radius 2 is 1.77 bits per heavy atom. The van der Waals surface area contributed by atoms with Gasteiger partial charge in [-0.3, -0.25) is 14.1 Å². The lowest BCUT2D eigenvalue weighted by molar-refractivity contribution is -0.123. The standard InChI is InChI=1S/C22H22ClN3O4S/c1-31(28,29)26(15-17-6-2-3-8-21(17)23)19-9-11-20(12-10-19)30-16-22(27)25-14-18-7-4-5-13-24-18/h2-13H,14-16H2,1H3,(H,25,27). The average molecular weight is 460 g/mol. The third kappa shape index (κ3) is 6.70. The molecule has 0 saturated carbocycles. The third-order valence-corrected chi connectivity index (χ3v) is 5.87. The minimum Gasteiger partial charge on any atom is -0.484 e. The van der Waals surface area contributed by atoms with Gasteiger partial charge in [0.05, 0.1) is 30.7 Å². The molecule has 3 rings (SSSR count). The number of sulfonamides is 1. The number of halogens is 1. The summed E-state index contributed by atoms with van der Waals surface area (Å²) in [4.78, 5) is 16.1. The maximum Gasteiger partial charge on any atom is 0.258 e. The van der Waals surface area contributed by atoms with Gasteiger partial charge >= 0.3 is 0 Å². The van der Waals surface area contributed by atoms with Gasteiger partial charge in [-0.15, -0.1) is 0 Å². The number of amides is 1. The Morgan fingerprint density at radius 1 is 1.06 bits per heavy atom. The Labute approximate surface area is 186 Å². The maximum absolute atomic E-state index is 12.3. The molecule has 2 aromatic carbocycles. The summed E-state index contributed by atoms with van der Waals surface area (Å²) >= 11 is 6.18. The number of nitrogens with one attached hydrogen (secondary N) is 1. The van der Waals surface area contributed by atoms with Crippen molar-refractivity contribution in [2.45, 2.75) is 13.1 Å². The molecule has 0 aliphatic heterocycles. The smallest absolute Gasteiger partial charge is 0.258 e. The van der Waals surface area contributed by atoms with Gasteiger partial charge in [-0.2, -0.15) is 0 Å². The second kappa shape index (κ2) is 10.3. The molecular formula is C22H22ClN3O4S. The molecule has 0 spiro atoms. The number of ether oxygens (including phenoxy) is 1. The predicted molar refractivity (Wildman–Crippen MR) is 120 cm³/mol. The topological polar surface area (TPSA) is 88.6 Å². The minimum absolute atomic E-state index is 0.106. The van der Waals surface area contributed by atoms with Gasteiger partial charge in [-0.05, 0) is 48.0 Å². The van der Waals surface area contributed by atoms with E-state index in [-0.39, 0.29) is 19.1 Å². The summed E-state index contributed by atoms with van der Waals surface area (Å²) < 4.78 is 31.4. The lowest BCUT2D eigenvalue weighted by atomic mass is 10.2. The van der Waals surface area contributed by atoms with Crippen LogP contribution in [0.15, 0.2) is 72.9 Å². The van der Waals surface area contributed by atoms with Gasteiger partial charge in [0.2, 0.25) is 10.0 Å². The van der Waals surface area contributed by atoms with E-state index in [1.807, 2.05) is 12.1 Å². The zero-order chi connectivity index (χ0) is 22.3. The highest BCUT2D eigenvalue weighted by molar-refractivity contribution is 7.92. The third-order valence-electron chi connectivity index (χ3n) is 4.36. The number of benzene rings is 2. The minimum atomic E-state index is -3.54. The Morgan fingerprint density at radius 3 is 2.42 bits per heavy atom. The molecule has 0 unspecified atom stereocenters. The van der Waals surface area contributed by atoms with E-state index in [2.05, 4.69) is 10.3 Å². The van der Waals surface area contributed by atoms with Gasteiger partial charge in [0, 0.05) is 11.2 Å². The van der Waals surface area contributed by atoms with Gasteiger partial charge in [0.1, 0.15) is 5.75 Å². The van der Waals surface area contributed by atoms with E-state index in [1.54, 1.807) is 60.8 Å². The van der Waals surface area contributed by atoms with E-state index in [9.17, 15) is 13.2 Å². The highest BCUT2D eigenvalue weighted by Gasteiger charge is 2.19. The maximum atomic E-state index is 12.3. The summed E-state index contributed by atoms with van der Waals surface area (Å²) in [6, 6.07) is 19.0. The number of aromatic nitrogens is 1. The molecule has 1 heterocycles. The van der Waals surface area contributed by atoms with Crippen molar-refractivity contribution >= 4 is 33.2 Å². The van der Waals surface area contributed by atoms with Crippen LogP contribution in [0.3, 0.4) is 0 Å². The summed E-state index contributed by atoms with van der Waals surface area (Å²) in [6.07, 6.45) is 2.80. The van der Waals surface area contributed by atoms with Gasteiger partial charge in [-0.25, -0.2) is 8.42 Å². The molecule has 1 aromatic heterocycles. The molecular weight excluding hydrogens is 438 g/mol. The first-order valence-corrected chi connectivity index (χ1v) is 11.7. The Hall–Kier alpha value is -3.10. The lowest BCUT2D eigenvalue weighted by Gasteiger charge is -2.23. The van der Waals surface area contributed by atoms with E-state index in [1.165, 1.54) is 4.31 Å². The summed E-state index contributed by atoms with van der Waals surface area (Å²) in [5, 5.41) is 3.22. The van der Waals surface area contributed by atoms with Crippen LogP contribution < -0.4 is 14.4 Å². The number of rotatable bonds is 9. The normalized spacial score (nSPS) is 11.0. The molecule has 162 valence electrons. The Bertz CT molecular complexity index is 1120. The van der Waals surface area contributed by atoms with Crippen LogP contribution in [0.25, 0.3) is 0 Å². The zero-order valence-corrected chi connectivity index (χ0v) is 18.4. The van der Waals surface area contributed by atoms with E-state index in [0.29, 0.717) is 28.6 Å². The van der Waals surface area contributed by atoms with Crippen LogP contribution in [0.1, 0.15) is 11.3 Å². The number of carbonyl (C=O) groups excluding carboxylic acids is 1. The van der Waals surface area contributed by atoms with Gasteiger partial charge in [0.15, 0.2) is 6.61 Å². The summed E-state index contributed by atoms with van der Waals surface area (Å²) in [6.45, 7) is 0.254. The second-order valence-corrected chi connectivity index (χ2v) is 9.06. The largest absolute Gasteiger partial charge is 0.484 e. The van der Waals surface area contributed by atoms with Crippen molar-refractivity contribution in [3.63, 3.8) is 0 Å². The number of anilines is 1. The van der Waals surface area contributed by atoms with Crippen LogP contribution >= 0.6 is 11.6 Å². The highest BCUT2D eigenvalue weighted by Crippen LogP contribution is 2.26. The fraction of sp³-hybridized carbons (Fsp3) is 0.182. The molecule has 0 atom stereocenters. The van der Waals surface area contributed by atoms with Crippen LogP contribution in [-0.2, 0) is 27.9 Å². The predicted octanol–water partition coefficient (Wildman–Crippen LogP) is 3.40. The fourth-order valence-electron chi connectivity index (χ4n) is 2.78. The van der Waals surface area contributed by atoms with E-state index < -0.39 is 10.0 Å². The second-order valence-electron chi connectivity index (χ2n) is 6.74. The molecule has 1 amide bonds. The number of carbonyl (C=O) groups is 1. The van der Waals surface area contributed by atoms with Crippen LogP contribution in [0.4, 0.5) is 5.69 Å². The molecule has 31 heavy (non-hydrogen) atoms. The Kier molecular flexibility index (Phi) is 7.49. The average Bonchev–Trinajstić information content (AvgIpc) is 2.76. The van der Waals surface area contributed by atoms with E-state index in [0.717, 1.165) is 11.9 Å². The first kappa shape index (κ1) is 22.6. The first-order chi connectivity index (χ1) is 14.8. The monoisotopic (exact) mass is 459 g/mol. The molecule has 7 nitrogen and oxygen atoms in total. The molecule has 1 N–H and O–H groups in total. The van der Waals surface area contributed by atoms with Crippen molar-refractivity contribution in [3.05, 3.63) is 89.2 Å². The van der Waals surface area contributed by atoms with Crippen LogP contribution in [-0.4, -0.2) is 32.2 Å². The molecule has 0 aliphatic carbocycles. The summed E-state index contributed by atoms with van der Waals surface area (Å²) in [5.74, 6) is 0.161. The van der Waals surface area contributed by atoms with Crippen molar-refractivity contribution in [2.75, 3.05) is 17.2 Å². The molecule has 0 saturated heterocycles. The fourth-order valence-corrected chi connectivity index (χ4v) is 3.86. The van der Waals surface area contributed by atoms with E-state index >= 15 is 0 Å². The van der Waals surface area contributed by atoms with Crippen molar-refractivity contribution in [1.29, 1.82) is 0 Å². The Balaban J connectivity index is 1.60. The zero-order valence-electron chi connectivity index (χ0n) is 16.9.